The summed E-state index contributed by atoms with van der Waals surface area (Å²) < 4.78 is 30.4. The van der Waals surface area contributed by atoms with Crippen molar-refractivity contribution in [2.45, 2.75) is 4.90 Å². The van der Waals surface area contributed by atoms with Gasteiger partial charge in [-0.15, -0.1) is 0 Å². The minimum Gasteiger partial charge on any atom is -0.497 e. The molecule has 3 rings (SSSR count). The van der Waals surface area contributed by atoms with Gasteiger partial charge in [0.05, 0.1) is 22.2 Å². The summed E-state index contributed by atoms with van der Waals surface area (Å²) in [6.07, 6.45) is 0. The minimum atomic E-state index is -3.68. The Bertz CT molecular complexity index is 982. The van der Waals surface area contributed by atoms with Crippen LogP contribution in [0.5, 0.6) is 5.75 Å². The number of amides is 1. The van der Waals surface area contributed by atoms with Crippen LogP contribution in [0.1, 0.15) is 0 Å². The van der Waals surface area contributed by atoms with E-state index in [0.717, 1.165) is 4.70 Å². The molecular weight excluding hydrogens is 348 g/mol. The van der Waals surface area contributed by atoms with E-state index in [0.29, 0.717) is 16.4 Å². The van der Waals surface area contributed by atoms with Crippen molar-refractivity contribution in [3.8, 4) is 5.75 Å². The summed E-state index contributed by atoms with van der Waals surface area (Å²) in [5.74, 6) is -0.559. The van der Waals surface area contributed by atoms with Crippen molar-refractivity contribution < 1.29 is 17.9 Å². The van der Waals surface area contributed by atoms with Gasteiger partial charge in [-0.2, -0.15) is 0 Å². The molecule has 0 aliphatic carbocycles. The second-order valence-corrected chi connectivity index (χ2v) is 7.99. The lowest BCUT2D eigenvalue weighted by Gasteiger charge is -2.04. The van der Waals surface area contributed by atoms with Crippen LogP contribution in [0, 0.1) is 0 Å². The first-order valence-corrected chi connectivity index (χ1v) is 9.47. The standard InChI is InChI=1S/C16H14N2O4S2/c1-22-11-7-8-13-14(9-11)23-16(17-13)18-15(19)10-24(20,21)12-5-3-2-4-6-12/h2-9H,10H2,1H3,(H,17,18,19). The van der Waals surface area contributed by atoms with E-state index in [9.17, 15) is 13.2 Å². The number of hydrogen-bond acceptors (Lipinski definition) is 6. The van der Waals surface area contributed by atoms with Crippen LogP contribution in [-0.4, -0.2) is 32.2 Å². The molecule has 0 unspecified atom stereocenters. The van der Waals surface area contributed by atoms with E-state index in [-0.39, 0.29) is 4.90 Å². The molecular formula is C16H14N2O4S2. The van der Waals surface area contributed by atoms with Crippen molar-refractivity contribution in [2.24, 2.45) is 0 Å². The molecule has 0 aliphatic rings. The van der Waals surface area contributed by atoms with Gasteiger partial charge < -0.3 is 10.1 Å². The Hall–Kier alpha value is -2.45. The third-order valence-electron chi connectivity index (χ3n) is 3.27. The Kier molecular flexibility index (Phi) is 4.50. The molecule has 0 fully saturated rings. The molecule has 1 heterocycles. The first-order valence-electron chi connectivity index (χ1n) is 7.00. The van der Waals surface area contributed by atoms with E-state index in [1.807, 2.05) is 6.07 Å². The molecule has 2 aromatic carbocycles. The van der Waals surface area contributed by atoms with Gasteiger partial charge in [0.15, 0.2) is 15.0 Å². The molecule has 0 radical (unpaired) electrons. The van der Waals surface area contributed by atoms with Crippen LogP contribution >= 0.6 is 11.3 Å². The Morgan fingerprint density at radius 2 is 1.96 bits per heavy atom. The number of nitrogens with one attached hydrogen (secondary N) is 1. The van der Waals surface area contributed by atoms with Crippen LogP contribution in [0.15, 0.2) is 53.4 Å². The highest BCUT2D eigenvalue weighted by molar-refractivity contribution is 7.92. The number of nitrogens with zero attached hydrogens (tertiary/aromatic N) is 1. The molecule has 124 valence electrons. The lowest BCUT2D eigenvalue weighted by molar-refractivity contribution is -0.113. The number of fused-ring (bicyclic) bond motifs is 1. The van der Waals surface area contributed by atoms with Crippen molar-refractivity contribution in [2.75, 3.05) is 18.2 Å². The summed E-state index contributed by atoms with van der Waals surface area (Å²) in [6, 6.07) is 13.2. The average Bonchev–Trinajstić information content (AvgIpc) is 2.96. The van der Waals surface area contributed by atoms with E-state index in [1.165, 1.54) is 23.5 Å². The predicted octanol–water partition coefficient (Wildman–Crippen LogP) is 2.72. The van der Waals surface area contributed by atoms with Crippen molar-refractivity contribution in [1.82, 2.24) is 4.98 Å². The highest BCUT2D eigenvalue weighted by Crippen LogP contribution is 2.29. The van der Waals surface area contributed by atoms with Crippen molar-refractivity contribution in [3.05, 3.63) is 48.5 Å². The van der Waals surface area contributed by atoms with E-state index in [4.69, 9.17) is 4.74 Å². The first-order chi connectivity index (χ1) is 11.5. The molecule has 1 amide bonds. The molecule has 0 saturated heterocycles. The van der Waals surface area contributed by atoms with Gasteiger partial charge in [0.2, 0.25) is 5.91 Å². The van der Waals surface area contributed by atoms with Gasteiger partial charge in [0.1, 0.15) is 11.5 Å². The van der Waals surface area contributed by atoms with Crippen LogP contribution in [0.2, 0.25) is 0 Å². The van der Waals surface area contributed by atoms with Crippen LogP contribution in [0.3, 0.4) is 0 Å². The fourth-order valence-electron chi connectivity index (χ4n) is 2.12. The van der Waals surface area contributed by atoms with Gasteiger partial charge in [-0.1, -0.05) is 29.5 Å². The maximum atomic E-state index is 12.2. The number of thiazole rings is 1. The largest absolute Gasteiger partial charge is 0.497 e. The van der Waals surface area contributed by atoms with Crippen LogP contribution in [0.4, 0.5) is 5.13 Å². The van der Waals surface area contributed by atoms with E-state index >= 15 is 0 Å². The monoisotopic (exact) mass is 362 g/mol. The normalized spacial score (nSPS) is 11.4. The summed E-state index contributed by atoms with van der Waals surface area (Å²) >= 11 is 1.26. The number of benzene rings is 2. The van der Waals surface area contributed by atoms with E-state index < -0.39 is 21.5 Å². The molecule has 0 atom stereocenters. The fourth-order valence-corrected chi connectivity index (χ4v) is 4.19. The Labute approximate surface area is 143 Å². The topological polar surface area (TPSA) is 85.4 Å². The molecule has 3 aromatic rings. The number of aromatic nitrogens is 1. The molecule has 8 heteroatoms. The second kappa shape index (κ2) is 6.58. The highest BCUT2D eigenvalue weighted by atomic mass is 32.2. The summed E-state index contributed by atoms with van der Waals surface area (Å²) in [5, 5.41) is 2.90. The quantitative estimate of drug-likeness (QED) is 0.754. The molecule has 24 heavy (non-hydrogen) atoms. The molecule has 1 aromatic heterocycles. The average molecular weight is 362 g/mol. The summed E-state index contributed by atoms with van der Waals surface area (Å²) in [4.78, 5) is 16.4. The number of anilines is 1. The fraction of sp³-hybridized carbons (Fsp3) is 0.125. The zero-order valence-corrected chi connectivity index (χ0v) is 14.4. The number of hydrogen-bond donors (Lipinski definition) is 1. The second-order valence-electron chi connectivity index (χ2n) is 4.97. The van der Waals surface area contributed by atoms with E-state index in [2.05, 4.69) is 10.3 Å². The smallest absolute Gasteiger partial charge is 0.241 e. The number of carbonyl (C=O) groups is 1. The Balaban J connectivity index is 1.75. The Morgan fingerprint density at radius 1 is 1.21 bits per heavy atom. The summed E-state index contributed by atoms with van der Waals surface area (Å²) in [6.45, 7) is 0. The molecule has 0 saturated carbocycles. The van der Waals surface area contributed by atoms with Gasteiger partial charge in [-0.25, -0.2) is 13.4 Å². The van der Waals surface area contributed by atoms with Crippen LogP contribution in [0.25, 0.3) is 10.2 Å². The molecule has 0 bridgehead atoms. The third kappa shape index (κ3) is 3.55. The predicted molar refractivity (Wildman–Crippen MR) is 93.3 cm³/mol. The summed E-state index contributed by atoms with van der Waals surface area (Å²) in [5.41, 5.74) is 0.710. The SMILES string of the molecule is COc1ccc2nc(NC(=O)CS(=O)(=O)c3ccccc3)sc2c1. The van der Waals surface area contributed by atoms with E-state index in [1.54, 1.807) is 37.4 Å². The lowest BCUT2D eigenvalue weighted by atomic mass is 10.3. The Morgan fingerprint density at radius 3 is 2.67 bits per heavy atom. The lowest BCUT2D eigenvalue weighted by Crippen LogP contribution is -2.22. The third-order valence-corrected chi connectivity index (χ3v) is 5.83. The maximum absolute atomic E-state index is 12.2. The number of methoxy groups -OCH3 is 1. The number of carbonyl (C=O) groups excluding carboxylic acids is 1. The minimum absolute atomic E-state index is 0.120. The van der Waals surface area contributed by atoms with Crippen LogP contribution < -0.4 is 10.1 Å². The van der Waals surface area contributed by atoms with Gasteiger partial charge in [0.25, 0.3) is 0 Å². The van der Waals surface area contributed by atoms with Gasteiger partial charge in [-0.05, 0) is 30.3 Å². The van der Waals surface area contributed by atoms with Gasteiger partial charge >= 0.3 is 0 Å². The maximum Gasteiger partial charge on any atom is 0.241 e. The number of rotatable bonds is 5. The van der Waals surface area contributed by atoms with Crippen molar-refractivity contribution >= 4 is 42.4 Å². The summed E-state index contributed by atoms with van der Waals surface area (Å²) in [7, 11) is -2.11. The molecule has 0 spiro atoms. The zero-order chi connectivity index (χ0) is 17.2. The van der Waals surface area contributed by atoms with Crippen molar-refractivity contribution in [1.29, 1.82) is 0 Å². The van der Waals surface area contributed by atoms with Crippen LogP contribution in [-0.2, 0) is 14.6 Å². The molecule has 6 nitrogen and oxygen atoms in total. The van der Waals surface area contributed by atoms with Gasteiger partial charge in [0, 0.05) is 0 Å². The zero-order valence-electron chi connectivity index (χ0n) is 12.7. The molecule has 1 N–H and O–H groups in total. The number of sulfone groups is 1. The van der Waals surface area contributed by atoms with Crippen molar-refractivity contribution in [3.63, 3.8) is 0 Å². The molecule has 0 aliphatic heterocycles. The first kappa shape index (κ1) is 16.4. The highest BCUT2D eigenvalue weighted by Gasteiger charge is 2.20. The number of ether oxygens (including phenoxy) is 1. The van der Waals surface area contributed by atoms with Gasteiger partial charge in [-0.3, -0.25) is 4.79 Å².